The highest BCUT2D eigenvalue weighted by Gasteiger charge is 2.27. The van der Waals surface area contributed by atoms with E-state index in [0.717, 1.165) is 11.3 Å². The van der Waals surface area contributed by atoms with E-state index < -0.39 is 17.2 Å². The summed E-state index contributed by atoms with van der Waals surface area (Å²) in [5.74, 6) is -0.481. The number of hydrogen-bond acceptors (Lipinski definition) is 6. The van der Waals surface area contributed by atoms with Gasteiger partial charge in [0.2, 0.25) is 0 Å². The van der Waals surface area contributed by atoms with E-state index in [-0.39, 0.29) is 6.09 Å². The quantitative estimate of drug-likeness (QED) is 0.299. The van der Waals surface area contributed by atoms with Gasteiger partial charge in [-0.1, -0.05) is 5.11 Å². The van der Waals surface area contributed by atoms with Crippen LogP contribution in [0, 0.1) is 6.92 Å². The molecule has 9 heteroatoms. The topological polar surface area (TPSA) is 108 Å². The molecule has 164 valence electrons. The summed E-state index contributed by atoms with van der Waals surface area (Å²) in [6.45, 7) is 14.8. The van der Waals surface area contributed by atoms with Crippen LogP contribution in [0.15, 0.2) is 17.2 Å². The number of carbonyl (C=O) groups excluding carboxylic acids is 2. The van der Waals surface area contributed by atoms with Gasteiger partial charge in [-0.3, -0.25) is 0 Å². The molecule has 1 heterocycles. The molecule has 0 saturated carbocycles. The first-order valence-electron chi connectivity index (χ1n) is 9.97. The standard InChI is InChI=1S/C21H31N5O4/c1-14-16(23-24-22)12-15(18(27)29-20(2,3)4)13-17(14)25-8-10-26(11-9-25)19(28)30-21(5,6)7/h12-13H,8-11H2,1-7H3. The first kappa shape index (κ1) is 23.3. The Labute approximate surface area is 177 Å². The maximum atomic E-state index is 12.6. The van der Waals surface area contributed by atoms with Crippen molar-refractivity contribution in [3.63, 3.8) is 0 Å². The van der Waals surface area contributed by atoms with Crippen molar-refractivity contribution in [2.75, 3.05) is 31.1 Å². The Kier molecular flexibility index (Phi) is 6.87. The molecule has 1 aliphatic rings. The van der Waals surface area contributed by atoms with E-state index in [1.807, 2.05) is 27.7 Å². The summed E-state index contributed by atoms with van der Waals surface area (Å²) in [6.07, 6.45) is -0.337. The SMILES string of the molecule is Cc1c(N=[N+]=[N-])cc(C(=O)OC(C)(C)C)cc1N1CCN(C(=O)OC(C)(C)C)CC1. The van der Waals surface area contributed by atoms with Crippen LogP contribution in [0.2, 0.25) is 0 Å². The fraction of sp³-hybridized carbons (Fsp3) is 0.619. The normalized spacial score (nSPS) is 14.8. The predicted octanol–water partition coefficient (Wildman–Crippen LogP) is 4.95. The third-order valence-electron chi connectivity index (χ3n) is 4.41. The van der Waals surface area contributed by atoms with E-state index in [9.17, 15) is 9.59 Å². The average molecular weight is 418 g/mol. The van der Waals surface area contributed by atoms with E-state index in [1.54, 1.807) is 37.8 Å². The van der Waals surface area contributed by atoms with Gasteiger partial charge in [0, 0.05) is 42.5 Å². The van der Waals surface area contributed by atoms with Gasteiger partial charge >= 0.3 is 12.1 Å². The Morgan fingerprint density at radius 3 is 2.07 bits per heavy atom. The van der Waals surface area contributed by atoms with Crippen molar-refractivity contribution in [2.24, 2.45) is 5.11 Å². The molecule has 1 fully saturated rings. The van der Waals surface area contributed by atoms with Crippen LogP contribution in [-0.4, -0.2) is 54.3 Å². The Morgan fingerprint density at radius 2 is 1.57 bits per heavy atom. The molecule has 0 aromatic heterocycles. The van der Waals surface area contributed by atoms with Crippen LogP contribution in [-0.2, 0) is 9.47 Å². The maximum absolute atomic E-state index is 12.6. The summed E-state index contributed by atoms with van der Waals surface area (Å²) in [4.78, 5) is 31.5. The third kappa shape index (κ3) is 6.29. The number of ether oxygens (including phenoxy) is 2. The van der Waals surface area contributed by atoms with E-state index in [0.29, 0.717) is 37.4 Å². The van der Waals surface area contributed by atoms with Crippen LogP contribution in [0.5, 0.6) is 0 Å². The molecule has 1 amide bonds. The molecular weight excluding hydrogens is 386 g/mol. The van der Waals surface area contributed by atoms with Gasteiger partial charge in [0.05, 0.1) is 5.56 Å². The molecule has 9 nitrogen and oxygen atoms in total. The molecule has 1 aromatic rings. The predicted molar refractivity (Wildman–Crippen MR) is 115 cm³/mol. The van der Waals surface area contributed by atoms with Crippen molar-refractivity contribution in [1.82, 2.24) is 4.90 Å². The molecule has 1 aromatic carbocycles. The first-order chi connectivity index (χ1) is 13.8. The van der Waals surface area contributed by atoms with E-state index >= 15 is 0 Å². The number of nitrogens with zero attached hydrogens (tertiary/aromatic N) is 5. The zero-order valence-corrected chi connectivity index (χ0v) is 18.9. The van der Waals surface area contributed by atoms with Crippen LogP contribution in [0.3, 0.4) is 0 Å². The van der Waals surface area contributed by atoms with Gasteiger partial charge in [-0.25, -0.2) is 9.59 Å². The van der Waals surface area contributed by atoms with Crippen molar-refractivity contribution in [2.45, 2.75) is 59.7 Å². The molecule has 0 spiro atoms. The number of esters is 1. The van der Waals surface area contributed by atoms with Gasteiger partial charge in [-0.2, -0.15) is 0 Å². The van der Waals surface area contributed by atoms with Gasteiger partial charge in [0.15, 0.2) is 0 Å². The minimum Gasteiger partial charge on any atom is -0.456 e. The second-order valence-corrected chi connectivity index (χ2v) is 9.29. The van der Waals surface area contributed by atoms with Gasteiger partial charge in [-0.15, -0.1) is 0 Å². The summed E-state index contributed by atoms with van der Waals surface area (Å²) in [5.41, 5.74) is 9.99. The molecule has 30 heavy (non-hydrogen) atoms. The molecule has 1 aliphatic heterocycles. The highest BCUT2D eigenvalue weighted by molar-refractivity contribution is 5.93. The summed E-state index contributed by atoms with van der Waals surface area (Å²) in [7, 11) is 0. The third-order valence-corrected chi connectivity index (χ3v) is 4.41. The minimum atomic E-state index is -0.639. The molecule has 2 rings (SSSR count). The van der Waals surface area contributed by atoms with Crippen molar-refractivity contribution in [3.8, 4) is 0 Å². The van der Waals surface area contributed by atoms with Gasteiger partial charge in [-0.05, 0) is 71.7 Å². The Bertz CT molecular complexity index is 855. The number of rotatable bonds is 3. The largest absolute Gasteiger partial charge is 0.456 e. The summed E-state index contributed by atoms with van der Waals surface area (Å²) in [6, 6.07) is 3.30. The highest BCUT2D eigenvalue weighted by atomic mass is 16.6. The second kappa shape index (κ2) is 8.83. The van der Waals surface area contributed by atoms with Crippen molar-refractivity contribution < 1.29 is 19.1 Å². The number of piperazine rings is 1. The number of benzene rings is 1. The minimum absolute atomic E-state index is 0.322. The molecule has 1 saturated heterocycles. The zero-order chi connectivity index (χ0) is 22.7. The van der Waals surface area contributed by atoms with Crippen LogP contribution < -0.4 is 4.90 Å². The number of anilines is 1. The molecule has 0 unspecified atom stereocenters. The summed E-state index contributed by atoms with van der Waals surface area (Å²) >= 11 is 0. The first-order valence-corrected chi connectivity index (χ1v) is 9.97. The van der Waals surface area contributed by atoms with Crippen LogP contribution in [0.1, 0.15) is 57.5 Å². The molecule has 0 N–H and O–H groups in total. The fourth-order valence-corrected chi connectivity index (χ4v) is 3.08. The summed E-state index contributed by atoms with van der Waals surface area (Å²) in [5, 5.41) is 3.75. The smallest absolute Gasteiger partial charge is 0.410 e. The number of azide groups is 1. The van der Waals surface area contributed by atoms with Gasteiger partial charge in [0.1, 0.15) is 11.2 Å². The number of amides is 1. The summed E-state index contributed by atoms with van der Waals surface area (Å²) < 4.78 is 10.9. The second-order valence-electron chi connectivity index (χ2n) is 9.29. The fourth-order valence-electron chi connectivity index (χ4n) is 3.08. The Balaban J connectivity index is 2.26. The lowest BCUT2D eigenvalue weighted by atomic mass is 10.1. The van der Waals surface area contributed by atoms with E-state index in [2.05, 4.69) is 14.9 Å². The lowest BCUT2D eigenvalue weighted by Crippen LogP contribution is -2.50. The lowest BCUT2D eigenvalue weighted by Gasteiger charge is -2.37. The van der Waals surface area contributed by atoms with Crippen molar-refractivity contribution in [3.05, 3.63) is 33.7 Å². The van der Waals surface area contributed by atoms with E-state index in [4.69, 9.17) is 15.0 Å². The molecule has 0 bridgehead atoms. The zero-order valence-electron chi connectivity index (χ0n) is 18.9. The lowest BCUT2D eigenvalue weighted by molar-refractivity contribution is 0.00690. The molecule has 0 aliphatic carbocycles. The number of hydrogen-bond donors (Lipinski definition) is 0. The van der Waals surface area contributed by atoms with Crippen molar-refractivity contribution in [1.29, 1.82) is 0 Å². The van der Waals surface area contributed by atoms with Crippen LogP contribution >= 0.6 is 0 Å². The van der Waals surface area contributed by atoms with Gasteiger partial charge < -0.3 is 19.3 Å². The maximum Gasteiger partial charge on any atom is 0.410 e. The highest BCUT2D eigenvalue weighted by Crippen LogP contribution is 2.33. The van der Waals surface area contributed by atoms with Crippen molar-refractivity contribution >= 4 is 23.4 Å². The van der Waals surface area contributed by atoms with Crippen LogP contribution in [0.25, 0.3) is 10.4 Å². The Hall–Kier alpha value is -2.93. The van der Waals surface area contributed by atoms with Gasteiger partial charge in [0.25, 0.3) is 0 Å². The Morgan fingerprint density at radius 1 is 1.00 bits per heavy atom. The molecule has 0 atom stereocenters. The monoisotopic (exact) mass is 417 g/mol. The average Bonchev–Trinajstić information content (AvgIpc) is 2.61. The van der Waals surface area contributed by atoms with Crippen LogP contribution in [0.4, 0.5) is 16.2 Å². The molecule has 0 radical (unpaired) electrons. The molecular formula is C21H31N5O4. The number of carbonyl (C=O) groups is 2. The van der Waals surface area contributed by atoms with E-state index in [1.165, 1.54) is 0 Å².